The summed E-state index contributed by atoms with van der Waals surface area (Å²) in [5.41, 5.74) is 13.3. The van der Waals surface area contributed by atoms with Gasteiger partial charge in [0.2, 0.25) is 0 Å². The van der Waals surface area contributed by atoms with E-state index in [-0.39, 0.29) is 0 Å². The summed E-state index contributed by atoms with van der Waals surface area (Å²) in [5.74, 6) is 2.06. The molecule has 0 N–H and O–H groups in total. The molecule has 0 unspecified atom stereocenters. The Bertz CT molecular complexity index is 2760. The van der Waals surface area contributed by atoms with Crippen molar-refractivity contribution >= 4 is 36.9 Å². The van der Waals surface area contributed by atoms with E-state index in [1.165, 1.54) is 65.3 Å². The number of nitrogens with zero attached hydrogens (tertiary/aromatic N) is 3. The fraction of sp³-hybridized carbons (Fsp3) is 0.0816. The molecule has 0 saturated carbocycles. The Morgan fingerprint density at radius 3 is 1.39 bits per heavy atom. The minimum atomic E-state index is -2.35. The van der Waals surface area contributed by atoms with Crippen LogP contribution in [-0.4, -0.2) is 31.1 Å². The van der Waals surface area contributed by atoms with Crippen LogP contribution < -0.4 is 20.7 Å². The molecule has 10 rings (SSSR count). The van der Waals surface area contributed by atoms with E-state index in [1.807, 2.05) is 6.07 Å². The van der Waals surface area contributed by atoms with Crippen LogP contribution >= 0.6 is 0 Å². The summed E-state index contributed by atoms with van der Waals surface area (Å²) in [6, 6.07) is 59.6. The molecular weight excluding hydrogens is 687 g/mol. The van der Waals surface area contributed by atoms with Gasteiger partial charge in [-0.1, -0.05) is 0 Å². The van der Waals surface area contributed by atoms with Crippen molar-refractivity contribution in [3.05, 3.63) is 164 Å². The molecule has 0 bridgehead atoms. The molecule has 2 aliphatic heterocycles. The third-order valence-corrected chi connectivity index (χ3v) is 20.5. The summed E-state index contributed by atoms with van der Waals surface area (Å²) < 4.78 is 0. The van der Waals surface area contributed by atoms with Crippen LogP contribution in [0, 0.1) is 0 Å². The summed E-state index contributed by atoms with van der Waals surface area (Å²) in [6.07, 6.45) is 0. The Labute approximate surface area is 319 Å². The van der Waals surface area contributed by atoms with Crippen molar-refractivity contribution in [2.75, 3.05) is 0 Å². The molecule has 2 aliphatic rings. The topological polar surface area (TPSA) is 38.7 Å². The molecule has 0 spiro atoms. The van der Waals surface area contributed by atoms with Gasteiger partial charge in [-0.25, -0.2) is 0 Å². The normalized spacial score (nSPS) is 15.4. The first-order valence-corrected chi connectivity index (χ1v) is 26.2. The summed E-state index contributed by atoms with van der Waals surface area (Å²) in [7, 11) is -4.60. The van der Waals surface area contributed by atoms with E-state index in [9.17, 15) is 0 Å². The van der Waals surface area contributed by atoms with Crippen LogP contribution in [-0.2, 0) is 0 Å². The molecular formula is C49H41N3Si2-2. The molecule has 262 valence electrons. The Balaban J connectivity index is 1.18. The van der Waals surface area contributed by atoms with Gasteiger partial charge in [-0.15, -0.1) is 0 Å². The van der Waals surface area contributed by atoms with Crippen LogP contribution in [0.3, 0.4) is 0 Å². The monoisotopic (exact) mass is 727 g/mol. The molecule has 54 heavy (non-hydrogen) atoms. The zero-order valence-electron chi connectivity index (χ0n) is 31.1. The van der Waals surface area contributed by atoms with Gasteiger partial charge in [-0.3, -0.25) is 0 Å². The van der Waals surface area contributed by atoms with E-state index in [1.54, 1.807) is 0 Å². The molecule has 3 nitrogen and oxygen atoms in total. The number of hydrogen-bond acceptors (Lipinski definition) is 3. The van der Waals surface area contributed by atoms with Crippen LogP contribution in [0.5, 0.6) is 0 Å². The fourth-order valence-corrected chi connectivity index (χ4v) is 17.0. The number of rotatable bonds is 5. The van der Waals surface area contributed by atoms with Crippen molar-refractivity contribution in [1.82, 2.24) is 15.0 Å². The van der Waals surface area contributed by atoms with Gasteiger partial charge in [0.15, 0.2) is 0 Å². The van der Waals surface area contributed by atoms with Crippen molar-refractivity contribution in [2.45, 2.75) is 26.2 Å². The molecule has 0 saturated heterocycles. The molecule has 1 aromatic heterocycles. The first-order valence-electron chi connectivity index (χ1n) is 19.2. The minimum absolute atomic E-state index is 0.679. The van der Waals surface area contributed by atoms with E-state index < -0.39 is 16.1 Å². The van der Waals surface area contributed by atoms with Gasteiger partial charge in [0, 0.05) is 0 Å². The van der Waals surface area contributed by atoms with E-state index >= 15 is 0 Å². The second-order valence-corrected chi connectivity index (χ2v) is 26.3. The third-order valence-electron chi connectivity index (χ3n) is 12.3. The predicted octanol–water partition coefficient (Wildman–Crippen LogP) is 9.28. The van der Waals surface area contributed by atoms with E-state index in [2.05, 4.69) is 184 Å². The van der Waals surface area contributed by atoms with Gasteiger partial charge in [0.1, 0.15) is 0 Å². The van der Waals surface area contributed by atoms with Gasteiger partial charge in [0.05, 0.1) is 0 Å². The predicted molar refractivity (Wildman–Crippen MR) is 234 cm³/mol. The van der Waals surface area contributed by atoms with Gasteiger partial charge in [-0.2, -0.15) is 0 Å². The van der Waals surface area contributed by atoms with Gasteiger partial charge >= 0.3 is 320 Å². The summed E-state index contributed by atoms with van der Waals surface area (Å²) in [4.78, 5) is 15.8. The second kappa shape index (κ2) is 12.3. The van der Waals surface area contributed by atoms with Crippen LogP contribution in [0.25, 0.3) is 78.7 Å². The quantitative estimate of drug-likeness (QED) is 0.166. The molecule has 0 aliphatic carbocycles. The summed E-state index contributed by atoms with van der Waals surface area (Å²) in [6.45, 7) is 10.0. The maximum atomic E-state index is 5.34. The Kier molecular flexibility index (Phi) is 7.41. The molecule has 0 amide bonds. The van der Waals surface area contributed by atoms with Gasteiger partial charge in [-0.05, 0) is 0 Å². The van der Waals surface area contributed by atoms with Gasteiger partial charge in [0.25, 0.3) is 0 Å². The van der Waals surface area contributed by atoms with E-state index in [0.717, 1.165) is 16.7 Å². The average molecular weight is 728 g/mol. The van der Waals surface area contributed by atoms with Crippen molar-refractivity contribution in [2.24, 2.45) is 0 Å². The standard InChI is InChI=1S/C49H41N3Si2/c1-53(2)44-26-24-35(32-16-8-5-9-17-32)28-40(44)41-29-36(25-27-45(41)53)48-50-47(34-20-12-7-13-21-34)51-49(52-48)37-30-39(33-18-10-6-11-19-33)46-42(31-37)38-22-14-15-23-43(38)54(46,3)4/h5-31,53-54H,1-4H3/q-2. The van der Waals surface area contributed by atoms with Crippen LogP contribution in [0.15, 0.2) is 164 Å². The fourth-order valence-electron chi connectivity index (χ4n) is 9.47. The first kappa shape index (κ1) is 32.6. The Hall–Kier alpha value is -6.02. The number of benzene rings is 7. The van der Waals surface area contributed by atoms with Gasteiger partial charge < -0.3 is 0 Å². The first-order chi connectivity index (χ1) is 26.3. The Morgan fingerprint density at radius 1 is 0.296 bits per heavy atom. The molecule has 0 fully saturated rings. The Morgan fingerprint density at radius 2 is 0.741 bits per heavy atom. The van der Waals surface area contributed by atoms with Crippen LogP contribution in [0.1, 0.15) is 0 Å². The van der Waals surface area contributed by atoms with E-state index in [4.69, 9.17) is 15.0 Å². The van der Waals surface area contributed by atoms with Crippen molar-refractivity contribution in [1.29, 1.82) is 0 Å². The molecule has 0 atom stereocenters. The van der Waals surface area contributed by atoms with Crippen molar-refractivity contribution in [3.8, 4) is 78.7 Å². The van der Waals surface area contributed by atoms with Crippen molar-refractivity contribution in [3.63, 3.8) is 0 Å². The number of hydrogen-bond donors (Lipinski definition) is 0. The third kappa shape index (κ3) is 5.11. The molecule has 0 radical (unpaired) electrons. The second-order valence-electron chi connectivity index (χ2n) is 16.3. The number of fused-ring (bicyclic) bond motifs is 6. The number of aromatic nitrogens is 3. The average Bonchev–Trinajstić information content (AvgIpc) is 3.60. The molecule has 7 aromatic carbocycles. The SMILES string of the molecule is C[SiH-]1(C)c2ccc(-c3ccccc3)cc2-c2cc(-c3nc(-c4ccccc4)nc(-c4cc(-c5ccccc5)c5c(c4)-c4ccccc4[SiH-]5(C)C)n3)ccc21. The molecule has 3 heterocycles. The van der Waals surface area contributed by atoms with Crippen LogP contribution in [0.4, 0.5) is 0 Å². The maximum absolute atomic E-state index is 5.34. The van der Waals surface area contributed by atoms with Crippen molar-refractivity contribution < 1.29 is 0 Å². The summed E-state index contributed by atoms with van der Waals surface area (Å²) in [5, 5.41) is 6.02. The van der Waals surface area contributed by atoms with E-state index in [0.29, 0.717) is 17.5 Å². The van der Waals surface area contributed by atoms with Crippen LogP contribution in [0.2, 0.25) is 26.2 Å². The summed E-state index contributed by atoms with van der Waals surface area (Å²) >= 11 is 0. The zero-order valence-corrected chi connectivity index (χ0v) is 33.4. The zero-order chi connectivity index (χ0) is 36.6. The molecule has 8 aromatic rings. The molecule has 5 heteroatoms.